The number of allylic oxidation sites excluding steroid dienone is 4. The lowest BCUT2D eigenvalue weighted by Gasteiger charge is -2.20. The summed E-state index contributed by atoms with van der Waals surface area (Å²) in [7, 11) is 0. The summed E-state index contributed by atoms with van der Waals surface area (Å²) in [5.74, 6) is 0.391. The summed E-state index contributed by atoms with van der Waals surface area (Å²) in [6.07, 6.45) is 10.4. The van der Waals surface area contributed by atoms with E-state index in [-0.39, 0.29) is 17.5 Å². The number of ketones is 2. The first kappa shape index (κ1) is 37.5. The zero-order chi connectivity index (χ0) is 36.5. The smallest absolute Gasteiger partial charge is 0.338 e. The number of hydrogen-bond acceptors (Lipinski definition) is 7. The van der Waals surface area contributed by atoms with Gasteiger partial charge in [-0.15, -0.1) is 0 Å². The van der Waals surface area contributed by atoms with Crippen molar-refractivity contribution in [2.45, 2.75) is 99.3 Å². The Morgan fingerprint density at radius 1 is 0.804 bits per heavy atom. The number of carbonyl (C=O) groups is 3. The van der Waals surface area contributed by atoms with Gasteiger partial charge in [-0.3, -0.25) is 14.6 Å². The first-order chi connectivity index (χ1) is 24.6. The SMILES string of the molecule is CCN=c1cc2oc3cc(NCC)c(C)cc3c(-c3ccccc3C(=O)OCCCCCCCCCCC3=CC(=O)C(C)=C(C)C3=O)c-2cc1C. The Kier molecular flexibility index (Phi) is 12.8. The molecule has 3 aliphatic rings. The van der Waals surface area contributed by atoms with Gasteiger partial charge in [-0.25, -0.2) is 4.79 Å². The van der Waals surface area contributed by atoms with Crippen molar-refractivity contribution < 1.29 is 23.5 Å². The zero-order valence-corrected chi connectivity index (χ0v) is 31.2. The monoisotopic (exact) mass is 688 g/mol. The number of aryl methyl sites for hydroxylation is 2. The van der Waals surface area contributed by atoms with E-state index in [1.54, 1.807) is 13.8 Å². The maximum atomic E-state index is 13.6. The van der Waals surface area contributed by atoms with E-state index in [1.807, 2.05) is 37.3 Å². The van der Waals surface area contributed by atoms with E-state index in [0.29, 0.717) is 41.9 Å². The quantitative estimate of drug-likeness (QED) is 0.0545. The van der Waals surface area contributed by atoms with Crippen LogP contribution in [0.3, 0.4) is 0 Å². The highest BCUT2D eigenvalue weighted by Crippen LogP contribution is 2.43. The van der Waals surface area contributed by atoms with Crippen LogP contribution in [0.25, 0.3) is 33.4 Å². The fraction of sp³-hybridized carbons (Fsp3) is 0.409. The lowest BCUT2D eigenvalue weighted by Crippen LogP contribution is -2.16. The van der Waals surface area contributed by atoms with E-state index in [4.69, 9.17) is 9.15 Å². The fourth-order valence-electron chi connectivity index (χ4n) is 6.91. The molecule has 0 fully saturated rings. The molecule has 2 aromatic carbocycles. The molecule has 7 heteroatoms. The normalized spacial score (nSPS) is 13.8. The van der Waals surface area contributed by atoms with Crippen LogP contribution in [0.5, 0.6) is 0 Å². The number of hydrogen-bond donors (Lipinski definition) is 1. The van der Waals surface area contributed by atoms with Crippen molar-refractivity contribution in [3.05, 3.63) is 93.4 Å². The summed E-state index contributed by atoms with van der Waals surface area (Å²) in [6.45, 7) is 13.6. The Morgan fingerprint density at radius 3 is 2.24 bits per heavy atom. The molecular formula is C44H52N2O5. The predicted octanol–water partition coefficient (Wildman–Crippen LogP) is 10.3. The molecule has 7 nitrogen and oxygen atoms in total. The minimum atomic E-state index is -0.322. The molecule has 0 saturated heterocycles. The summed E-state index contributed by atoms with van der Waals surface area (Å²) in [6, 6.07) is 16.0. The van der Waals surface area contributed by atoms with Gasteiger partial charge in [-0.1, -0.05) is 56.7 Å². The van der Waals surface area contributed by atoms with Crippen LogP contribution >= 0.6 is 0 Å². The molecule has 5 rings (SSSR count). The van der Waals surface area contributed by atoms with Crippen LogP contribution in [0, 0.1) is 13.8 Å². The van der Waals surface area contributed by atoms with Gasteiger partial charge >= 0.3 is 5.97 Å². The highest BCUT2D eigenvalue weighted by atomic mass is 16.5. The second-order valence-corrected chi connectivity index (χ2v) is 13.7. The lowest BCUT2D eigenvalue weighted by atomic mass is 9.88. The molecule has 0 atom stereocenters. The van der Waals surface area contributed by atoms with Gasteiger partial charge in [0.25, 0.3) is 0 Å². The Balaban J connectivity index is 1.20. The number of fused-ring (bicyclic) bond motifs is 2. The van der Waals surface area contributed by atoms with Gasteiger partial charge in [0.05, 0.1) is 17.5 Å². The van der Waals surface area contributed by atoms with Crippen LogP contribution in [0.4, 0.5) is 5.69 Å². The molecule has 2 aromatic rings. The van der Waals surface area contributed by atoms with E-state index in [0.717, 1.165) is 114 Å². The van der Waals surface area contributed by atoms with Crippen molar-refractivity contribution in [2.75, 3.05) is 25.0 Å². The fourth-order valence-corrected chi connectivity index (χ4v) is 6.91. The van der Waals surface area contributed by atoms with Crippen molar-refractivity contribution in [3.63, 3.8) is 0 Å². The van der Waals surface area contributed by atoms with Crippen LogP contribution < -0.4 is 10.7 Å². The van der Waals surface area contributed by atoms with Gasteiger partial charge in [0, 0.05) is 64.1 Å². The zero-order valence-electron chi connectivity index (χ0n) is 31.2. The third kappa shape index (κ3) is 8.76. The Labute approximate surface area is 302 Å². The summed E-state index contributed by atoms with van der Waals surface area (Å²) in [5, 5.41) is 5.28. The number of ether oxygens (including phenoxy) is 1. The number of anilines is 1. The van der Waals surface area contributed by atoms with E-state index >= 15 is 0 Å². The highest BCUT2D eigenvalue weighted by molar-refractivity contribution is 6.22. The number of rotatable bonds is 16. The third-order valence-electron chi connectivity index (χ3n) is 9.94. The molecule has 0 aromatic heterocycles. The Morgan fingerprint density at radius 2 is 1.51 bits per heavy atom. The van der Waals surface area contributed by atoms with E-state index in [9.17, 15) is 14.4 Å². The average Bonchev–Trinajstić information content (AvgIpc) is 3.12. The number of nitrogens with zero attached hydrogens (tertiary/aromatic N) is 1. The topological polar surface area (TPSA) is 98.0 Å². The van der Waals surface area contributed by atoms with Crippen molar-refractivity contribution in [3.8, 4) is 22.5 Å². The number of carbonyl (C=O) groups excluding carboxylic acids is 3. The first-order valence-electron chi connectivity index (χ1n) is 18.6. The van der Waals surface area contributed by atoms with E-state index in [2.05, 4.69) is 49.3 Å². The molecule has 1 aliphatic heterocycles. The summed E-state index contributed by atoms with van der Waals surface area (Å²) < 4.78 is 12.4. The van der Waals surface area contributed by atoms with E-state index in [1.165, 1.54) is 6.08 Å². The van der Waals surface area contributed by atoms with Gasteiger partial charge in [-0.05, 0) is 102 Å². The maximum absolute atomic E-state index is 13.6. The highest BCUT2D eigenvalue weighted by Gasteiger charge is 2.24. The molecule has 0 bridgehead atoms. The molecule has 1 heterocycles. The molecule has 0 amide bonds. The average molecular weight is 689 g/mol. The molecule has 0 unspecified atom stereocenters. The van der Waals surface area contributed by atoms with Gasteiger partial charge in [0.1, 0.15) is 11.3 Å². The summed E-state index contributed by atoms with van der Waals surface area (Å²) in [5.41, 5.74) is 8.96. The van der Waals surface area contributed by atoms with Crippen LogP contribution in [0.15, 0.2) is 80.7 Å². The maximum Gasteiger partial charge on any atom is 0.338 e. The number of esters is 1. The molecule has 0 saturated carbocycles. The van der Waals surface area contributed by atoms with Crippen LogP contribution in [0.1, 0.15) is 107 Å². The summed E-state index contributed by atoms with van der Waals surface area (Å²) >= 11 is 0. The van der Waals surface area contributed by atoms with Crippen LogP contribution in [-0.2, 0) is 14.3 Å². The van der Waals surface area contributed by atoms with Gasteiger partial charge in [-0.2, -0.15) is 0 Å². The molecule has 2 aliphatic carbocycles. The van der Waals surface area contributed by atoms with Crippen molar-refractivity contribution in [2.24, 2.45) is 4.99 Å². The molecule has 0 spiro atoms. The standard InChI is InChI=1S/C44H52N2O5/c1-7-45-37-26-40-35(23-28(37)3)42(36-24-29(4)38(46-8-2)27-41(36)51-40)33-20-16-17-21-34(33)44(49)50-22-18-14-12-10-9-11-13-15-19-32-25-39(47)30(5)31(6)43(32)48/h16-17,20-21,23-27,45H,7-15,18-19,22H2,1-6H3. The Hall–Kier alpha value is -4.78. The lowest BCUT2D eigenvalue weighted by molar-refractivity contribution is -0.116. The van der Waals surface area contributed by atoms with Gasteiger partial charge in [0.2, 0.25) is 0 Å². The van der Waals surface area contributed by atoms with Crippen molar-refractivity contribution >= 4 is 34.2 Å². The molecular weight excluding hydrogens is 636 g/mol. The summed E-state index contributed by atoms with van der Waals surface area (Å²) in [4.78, 5) is 42.8. The third-order valence-corrected chi connectivity index (χ3v) is 9.94. The predicted molar refractivity (Wildman–Crippen MR) is 206 cm³/mol. The largest absolute Gasteiger partial charge is 0.462 e. The van der Waals surface area contributed by atoms with Gasteiger partial charge in [0.15, 0.2) is 11.6 Å². The molecule has 51 heavy (non-hydrogen) atoms. The number of benzene rings is 3. The first-order valence-corrected chi connectivity index (χ1v) is 18.6. The van der Waals surface area contributed by atoms with Crippen LogP contribution in [0.2, 0.25) is 0 Å². The number of Topliss-reactive ketones (excluding diaryl/α,β-unsaturated/α-hetero) is 1. The van der Waals surface area contributed by atoms with Gasteiger partial charge < -0.3 is 14.5 Å². The number of unbranched alkanes of at least 4 members (excludes halogenated alkanes) is 7. The van der Waals surface area contributed by atoms with Crippen molar-refractivity contribution in [1.82, 2.24) is 0 Å². The minimum absolute atomic E-state index is 0.0238. The van der Waals surface area contributed by atoms with Crippen LogP contribution in [-0.4, -0.2) is 37.2 Å². The Bertz CT molecular complexity index is 2030. The molecule has 1 N–H and O–H groups in total. The van der Waals surface area contributed by atoms with E-state index < -0.39 is 0 Å². The second-order valence-electron chi connectivity index (χ2n) is 13.7. The molecule has 268 valence electrons. The van der Waals surface area contributed by atoms with Crippen molar-refractivity contribution in [1.29, 1.82) is 0 Å². The minimum Gasteiger partial charge on any atom is -0.462 e. The second kappa shape index (κ2) is 17.4. The number of nitrogens with one attached hydrogen (secondary N) is 1. The molecule has 0 radical (unpaired) electrons.